The van der Waals surface area contributed by atoms with Gasteiger partial charge in [-0.05, 0) is 38.9 Å². The van der Waals surface area contributed by atoms with E-state index in [2.05, 4.69) is 17.9 Å². The summed E-state index contributed by atoms with van der Waals surface area (Å²) >= 11 is 4.21. The van der Waals surface area contributed by atoms with E-state index in [0.29, 0.717) is 19.4 Å². The fourth-order valence-corrected chi connectivity index (χ4v) is 3.88. The number of phosphoric acid groups is 1. The van der Waals surface area contributed by atoms with Crippen molar-refractivity contribution in [1.29, 1.82) is 0 Å². The molecular weight excluding hydrogens is 373 g/mol. The Kier molecular flexibility index (Phi) is 18.3. The second-order valence-corrected chi connectivity index (χ2v) is 8.24. The molecule has 26 heavy (non-hydrogen) atoms. The molecule has 6 nitrogen and oxygen atoms in total. The first kappa shape index (κ1) is 25.9. The van der Waals surface area contributed by atoms with Crippen molar-refractivity contribution in [2.24, 2.45) is 0 Å². The summed E-state index contributed by atoms with van der Waals surface area (Å²) in [6.45, 7) is 4.73. The Morgan fingerprint density at radius 3 is 1.92 bits per heavy atom. The van der Waals surface area contributed by atoms with Gasteiger partial charge < -0.3 is 5.32 Å². The molecule has 0 spiro atoms. The molecule has 1 N–H and O–H groups in total. The molecule has 0 heterocycles. The van der Waals surface area contributed by atoms with Crippen LogP contribution in [0.3, 0.4) is 0 Å². The Morgan fingerprint density at radius 2 is 1.38 bits per heavy atom. The van der Waals surface area contributed by atoms with Crippen LogP contribution >= 0.6 is 20.5 Å². The van der Waals surface area contributed by atoms with Crippen molar-refractivity contribution in [3.63, 3.8) is 0 Å². The quantitative estimate of drug-likeness (QED) is 0.175. The maximum absolute atomic E-state index is 12.1. The SMILES string of the molecule is CCOP(=O)(OCC)OCCCNC(=O)CCCCCCCCCCS. The number of unbranched alkanes of at least 4 members (excludes halogenated alkanes) is 7. The molecule has 0 unspecified atom stereocenters. The molecule has 1 amide bonds. The Labute approximate surface area is 165 Å². The van der Waals surface area contributed by atoms with E-state index in [4.69, 9.17) is 13.6 Å². The van der Waals surface area contributed by atoms with Crippen LogP contribution in [0.4, 0.5) is 0 Å². The Morgan fingerprint density at radius 1 is 0.846 bits per heavy atom. The topological polar surface area (TPSA) is 73.9 Å². The molecule has 0 aromatic heterocycles. The van der Waals surface area contributed by atoms with Crippen LogP contribution in [0.5, 0.6) is 0 Å². The highest BCUT2D eigenvalue weighted by Gasteiger charge is 2.24. The summed E-state index contributed by atoms with van der Waals surface area (Å²) in [4.78, 5) is 11.8. The zero-order chi connectivity index (χ0) is 19.5. The van der Waals surface area contributed by atoms with Crippen LogP contribution in [-0.4, -0.2) is 38.0 Å². The molecule has 0 fully saturated rings. The number of amides is 1. The minimum Gasteiger partial charge on any atom is -0.356 e. The van der Waals surface area contributed by atoms with Crippen molar-refractivity contribution in [2.75, 3.05) is 32.1 Å². The third-order valence-corrected chi connectivity index (χ3v) is 5.74. The number of thiol groups is 1. The van der Waals surface area contributed by atoms with E-state index in [-0.39, 0.29) is 25.7 Å². The molecule has 0 aliphatic heterocycles. The van der Waals surface area contributed by atoms with Gasteiger partial charge in [0.15, 0.2) is 0 Å². The highest BCUT2D eigenvalue weighted by molar-refractivity contribution is 7.80. The van der Waals surface area contributed by atoms with Crippen LogP contribution in [0.25, 0.3) is 0 Å². The zero-order valence-electron chi connectivity index (χ0n) is 16.5. The van der Waals surface area contributed by atoms with Crippen LogP contribution in [0.15, 0.2) is 0 Å². The third-order valence-electron chi connectivity index (χ3n) is 3.78. The van der Waals surface area contributed by atoms with Gasteiger partial charge in [0.2, 0.25) is 5.91 Å². The maximum atomic E-state index is 12.1. The molecule has 0 bridgehead atoms. The number of carbonyl (C=O) groups excluding carboxylic acids is 1. The summed E-state index contributed by atoms with van der Waals surface area (Å²) in [6.07, 6.45) is 10.7. The number of rotatable bonds is 19. The average Bonchev–Trinajstić information content (AvgIpc) is 2.60. The summed E-state index contributed by atoms with van der Waals surface area (Å²) in [7, 11) is -3.44. The molecule has 0 atom stereocenters. The van der Waals surface area contributed by atoms with Gasteiger partial charge in [-0.3, -0.25) is 18.4 Å². The Hall–Kier alpha value is -0.0700. The highest BCUT2D eigenvalue weighted by atomic mass is 32.1. The van der Waals surface area contributed by atoms with Crippen LogP contribution in [-0.2, 0) is 22.9 Å². The van der Waals surface area contributed by atoms with Crippen LogP contribution in [0, 0.1) is 0 Å². The van der Waals surface area contributed by atoms with Crippen molar-refractivity contribution < 1.29 is 22.9 Å². The summed E-state index contributed by atoms with van der Waals surface area (Å²) in [5.74, 6) is 1.05. The molecule has 0 aliphatic carbocycles. The lowest BCUT2D eigenvalue weighted by Crippen LogP contribution is -2.24. The van der Waals surface area contributed by atoms with Gasteiger partial charge in [0.1, 0.15) is 0 Å². The predicted molar refractivity (Wildman–Crippen MR) is 110 cm³/mol. The van der Waals surface area contributed by atoms with Crippen LogP contribution < -0.4 is 5.32 Å². The van der Waals surface area contributed by atoms with Gasteiger partial charge >= 0.3 is 7.82 Å². The van der Waals surface area contributed by atoms with Gasteiger partial charge in [0.05, 0.1) is 19.8 Å². The summed E-state index contributed by atoms with van der Waals surface area (Å²) in [6, 6.07) is 0. The second-order valence-electron chi connectivity index (χ2n) is 6.12. The number of hydrogen-bond donors (Lipinski definition) is 2. The molecular formula is C18H38NO5PS. The smallest absolute Gasteiger partial charge is 0.356 e. The lowest BCUT2D eigenvalue weighted by Gasteiger charge is -2.16. The molecule has 0 saturated carbocycles. The summed E-state index contributed by atoms with van der Waals surface area (Å²) in [5, 5.41) is 2.86. The largest absolute Gasteiger partial charge is 0.474 e. The summed E-state index contributed by atoms with van der Waals surface area (Å²) < 4.78 is 27.3. The normalized spacial score (nSPS) is 11.7. The van der Waals surface area contributed by atoms with Crippen LogP contribution in [0.2, 0.25) is 0 Å². The first-order valence-electron chi connectivity index (χ1n) is 9.99. The van der Waals surface area contributed by atoms with Gasteiger partial charge in [0.25, 0.3) is 0 Å². The van der Waals surface area contributed by atoms with E-state index in [1.807, 2.05) is 0 Å². The Balaban J connectivity index is 3.50. The maximum Gasteiger partial charge on any atom is 0.474 e. The molecule has 8 heteroatoms. The second kappa shape index (κ2) is 18.3. The van der Waals surface area contributed by atoms with E-state index in [9.17, 15) is 9.36 Å². The number of hydrogen-bond acceptors (Lipinski definition) is 6. The average molecular weight is 412 g/mol. The Bertz CT molecular complexity index is 375. The minimum absolute atomic E-state index is 0.0663. The van der Waals surface area contributed by atoms with Gasteiger partial charge in [0, 0.05) is 13.0 Å². The fraction of sp³-hybridized carbons (Fsp3) is 0.944. The van der Waals surface area contributed by atoms with Crippen molar-refractivity contribution in [3.05, 3.63) is 0 Å². The first-order valence-corrected chi connectivity index (χ1v) is 12.1. The van der Waals surface area contributed by atoms with Gasteiger partial charge in [-0.15, -0.1) is 0 Å². The first-order chi connectivity index (χ1) is 12.6. The minimum atomic E-state index is -3.44. The van der Waals surface area contributed by atoms with E-state index in [1.54, 1.807) is 13.8 Å². The number of carbonyl (C=O) groups is 1. The van der Waals surface area contributed by atoms with Gasteiger partial charge in [-0.1, -0.05) is 38.5 Å². The molecule has 0 aliphatic rings. The van der Waals surface area contributed by atoms with Crippen molar-refractivity contribution in [3.8, 4) is 0 Å². The third kappa shape index (κ3) is 16.1. The van der Waals surface area contributed by atoms with Crippen molar-refractivity contribution in [1.82, 2.24) is 5.32 Å². The molecule has 0 aromatic rings. The standard InChI is InChI=1S/C18H38NO5PS/c1-3-22-25(21,23-4-2)24-16-13-15-19-18(20)14-11-9-7-5-6-8-10-12-17-26/h26H,3-17H2,1-2H3,(H,19,20). The lowest BCUT2D eigenvalue weighted by molar-refractivity contribution is -0.121. The van der Waals surface area contributed by atoms with E-state index < -0.39 is 7.82 Å². The molecule has 0 saturated heterocycles. The van der Waals surface area contributed by atoms with E-state index in [0.717, 1.165) is 18.6 Å². The zero-order valence-corrected chi connectivity index (χ0v) is 18.3. The van der Waals surface area contributed by atoms with Crippen LogP contribution in [0.1, 0.15) is 78.1 Å². The van der Waals surface area contributed by atoms with Gasteiger partial charge in [-0.2, -0.15) is 12.6 Å². The van der Waals surface area contributed by atoms with Gasteiger partial charge in [-0.25, -0.2) is 4.57 Å². The molecule has 0 rings (SSSR count). The lowest BCUT2D eigenvalue weighted by atomic mass is 10.1. The molecule has 156 valence electrons. The van der Waals surface area contributed by atoms with E-state index >= 15 is 0 Å². The molecule has 0 radical (unpaired) electrons. The van der Waals surface area contributed by atoms with E-state index in [1.165, 1.54) is 38.5 Å². The molecule has 0 aromatic carbocycles. The fourth-order valence-electron chi connectivity index (χ4n) is 2.45. The number of nitrogens with one attached hydrogen (secondary N) is 1. The monoisotopic (exact) mass is 411 g/mol. The summed E-state index contributed by atoms with van der Waals surface area (Å²) in [5.41, 5.74) is 0. The predicted octanol–water partition coefficient (Wildman–Crippen LogP) is 5.13. The van der Waals surface area contributed by atoms with Crippen molar-refractivity contribution in [2.45, 2.75) is 78.1 Å². The highest BCUT2D eigenvalue weighted by Crippen LogP contribution is 2.49. The van der Waals surface area contributed by atoms with Crippen molar-refractivity contribution >= 4 is 26.4 Å². The number of phosphoric ester groups is 1.